The molecule has 2 bridgehead atoms. The highest BCUT2D eigenvalue weighted by Crippen LogP contribution is 2.45. The van der Waals surface area contributed by atoms with Crippen LogP contribution in [0.4, 0.5) is 5.82 Å². The highest BCUT2D eigenvalue weighted by molar-refractivity contribution is 5.34. The van der Waals surface area contributed by atoms with E-state index >= 15 is 0 Å². The molecule has 2 aliphatic carbocycles. The van der Waals surface area contributed by atoms with Gasteiger partial charge in [0.1, 0.15) is 5.82 Å². The van der Waals surface area contributed by atoms with Crippen LogP contribution in [-0.4, -0.2) is 29.5 Å². The zero-order chi connectivity index (χ0) is 11.7. The molecule has 1 aromatic rings. The second-order valence-corrected chi connectivity index (χ2v) is 5.38. The Bertz CT molecular complexity index is 376. The van der Waals surface area contributed by atoms with Crippen LogP contribution >= 0.6 is 0 Å². The van der Waals surface area contributed by atoms with E-state index in [0.29, 0.717) is 6.04 Å². The molecule has 0 unspecified atom stereocenters. The average molecular weight is 235 g/mol. The maximum atomic E-state index is 5.05. The zero-order valence-corrected chi connectivity index (χ0v) is 10.4. The van der Waals surface area contributed by atoms with Crippen molar-refractivity contribution in [1.82, 2.24) is 9.78 Å². The number of rotatable bonds is 5. The summed E-state index contributed by atoms with van der Waals surface area (Å²) in [6, 6.07) is 2.74. The summed E-state index contributed by atoms with van der Waals surface area (Å²) in [6.07, 6.45) is 7.66. The van der Waals surface area contributed by atoms with Gasteiger partial charge in [0.25, 0.3) is 0 Å². The summed E-state index contributed by atoms with van der Waals surface area (Å²) in [5, 5.41) is 8.12. The number of nitrogens with zero attached hydrogens (tertiary/aromatic N) is 2. The van der Waals surface area contributed by atoms with E-state index in [1.54, 1.807) is 7.11 Å². The normalized spacial score (nSPS) is 31.0. The predicted octanol–water partition coefficient (Wildman–Crippen LogP) is 2.13. The van der Waals surface area contributed by atoms with E-state index in [1.165, 1.54) is 25.7 Å². The minimum atomic E-state index is 0.666. The molecule has 0 amide bonds. The van der Waals surface area contributed by atoms with Crippen molar-refractivity contribution in [3.63, 3.8) is 0 Å². The number of hydrogen-bond donors (Lipinski definition) is 1. The van der Waals surface area contributed by atoms with Crippen LogP contribution in [0.2, 0.25) is 0 Å². The van der Waals surface area contributed by atoms with Crippen LogP contribution in [0.1, 0.15) is 25.7 Å². The molecule has 2 saturated carbocycles. The number of fused-ring (bicyclic) bond motifs is 2. The van der Waals surface area contributed by atoms with Crippen molar-refractivity contribution in [2.75, 3.05) is 19.0 Å². The maximum absolute atomic E-state index is 5.05. The molecule has 3 rings (SSSR count). The molecule has 4 heteroatoms. The number of methoxy groups -OCH3 is 1. The van der Waals surface area contributed by atoms with Gasteiger partial charge in [0.2, 0.25) is 0 Å². The maximum Gasteiger partial charge on any atom is 0.148 e. The molecular weight excluding hydrogens is 214 g/mol. The molecule has 2 aliphatic rings. The van der Waals surface area contributed by atoms with E-state index in [0.717, 1.165) is 30.8 Å². The summed E-state index contributed by atoms with van der Waals surface area (Å²) in [6.45, 7) is 1.55. The Labute approximate surface area is 102 Å². The van der Waals surface area contributed by atoms with E-state index in [2.05, 4.69) is 16.5 Å². The van der Waals surface area contributed by atoms with Gasteiger partial charge in [-0.3, -0.25) is 4.68 Å². The van der Waals surface area contributed by atoms with E-state index < -0.39 is 0 Å². The third-order valence-electron chi connectivity index (χ3n) is 4.24. The molecule has 0 saturated heterocycles. The van der Waals surface area contributed by atoms with Crippen molar-refractivity contribution >= 4 is 5.82 Å². The number of anilines is 1. The molecule has 1 aromatic heterocycles. The third-order valence-corrected chi connectivity index (χ3v) is 4.24. The van der Waals surface area contributed by atoms with Crippen LogP contribution in [-0.2, 0) is 11.3 Å². The zero-order valence-electron chi connectivity index (χ0n) is 10.4. The van der Waals surface area contributed by atoms with Crippen molar-refractivity contribution in [3.05, 3.63) is 12.3 Å². The van der Waals surface area contributed by atoms with Gasteiger partial charge in [-0.1, -0.05) is 6.42 Å². The van der Waals surface area contributed by atoms with Crippen LogP contribution in [0.5, 0.6) is 0 Å². The largest absolute Gasteiger partial charge is 0.383 e. The van der Waals surface area contributed by atoms with E-state index in [9.17, 15) is 0 Å². The van der Waals surface area contributed by atoms with Gasteiger partial charge in [-0.05, 0) is 31.1 Å². The highest BCUT2D eigenvalue weighted by Gasteiger charge is 2.39. The van der Waals surface area contributed by atoms with Crippen LogP contribution in [0.15, 0.2) is 12.3 Å². The summed E-state index contributed by atoms with van der Waals surface area (Å²) in [5.41, 5.74) is 0. The summed E-state index contributed by atoms with van der Waals surface area (Å²) in [5.74, 6) is 2.90. The quantitative estimate of drug-likeness (QED) is 0.849. The Morgan fingerprint density at radius 1 is 1.47 bits per heavy atom. The van der Waals surface area contributed by atoms with Crippen LogP contribution in [0, 0.1) is 11.8 Å². The first-order valence-electron chi connectivity index (χ1n) is 6.64. The van der Waals surface area contributed by atoms with Gasteiger partial charge in [-0.15, -0.1) is 0 Å². The monoisotopic (exact) mass is 235 g/mol. The van der Waals surface area contributed by atoms with Gasteiger partial charge in [0.05, 0.1) is 13.2 Å². The van der Waals surface area contributed by atoms with E-state index in [-0.39, 0.29) is 0 Å². The molecular formula is C13H21N3O. The van der Waals surface area contributed by atoms with E-state index in [1.807, 2.05) is 10.9 Å². The molecule has 17 heavy (non-hydrogen) atoms. The van der Waals surface area contributed by atoms with E-state index in [4.69, 9.17) is 4.74 Å². The standard InChI is InChI=1S/C13H21N3O/c1-17-7-6-16-5-4-13(15-16)14-12-9-10-2-3-11(12)8-10/h4-5,10-12H,2-3,6-9H2,1H3,(H,14,15)/t10-,11-,12+/m0/s1. The smallest absolute Gasteiger partial charge is 0.148 e. The fourth-order valence-electron chi connectivity index (χ4n) is 3.36. The number of aromatic nitrogens is 2. The molecule has 3 atom stereocenters. The van der Waals surface area contributed by atoms with Crippen molar-refractivity contribution in [3.8, 4) is 0 Å². The molecule has 4 nitrogen and oxygen atoms in total. The summed E-state index contributed by atoms with van der Waals surface area (Å²) in [4.78, 5) is 0. The first kappa shape index (κ1) is 11.1. The van der Waals surface area contributed by atoms with Gasteiger partial charge < -0.3 is 10.1 Å². The Morgan fingerprint density at radius 2 is 2.41 bits per heavy atom. The minimum absolute atomic E-state index is 0.666. The molecule has 0 radical (unpaired) electrons. The molecule has 0 spiro atoms. The predicted molar refractivity (Wildman–Crippen MR) is 67.0 cm³/mol. The lowest BCUT2D eigenvalue weighted by Crippen LogP contribution is -2.26. The van der Waals surface area contributed by atoms with Crippen LogP contribution in [0.3, 0.4) is 0 Å². The van der Waals surface area contributed by atoms with Gasteiger partial charge in [0, 0.05) is 25.4 Å². The lowest BCUT2D eigenvalue weighted by atomic mass is 9.95. The SMILES string of the molecule is COCCn1ccc(N[C@@H]2C[C@H]3CC[C@H]2C3)n1. The van der Waals surface area contributed by atoms with Gasteiger partial charge in [-0.25, -0.2) is 0 Å². The first-order valence-corrected chi connectivity index (χ1v) is 6.64. The van der Waals surface area contributed by atoms with Gasteiger partial charge >= 0.3 is 0 Å². The summed E-state index contributed by atoms with van der Waals surface area (Å²) < 4.78 is 6.99. The third kappa shape index (κ3) is 2.32. The molecule has 1 N–H and O–H groups in total. The number of nitrogens with one attached hydrogen (secondary N) is 1. The Kier molecular flexibility index (Phi) is 3.05. The minimum Gasteiger partial charge on any atom is -0.383 e. The lowest BCUT2D eigenvalue weighted by molar-refractivity contribution is 0.183. The molecule has 2 fully saturated rings. The number of ether oxygens (including phenoxy) is 1. The molecule has 1 heterocycles. The Morgan fingerprint density at radius 3 is 3.12 bits per heavy atom. The van der Waals surface area contributed by atoms with Crippen LogP contribution < -0.4 is 5.32 Å². The van der Waals surface area contributed by atoms with Crippen molar-refractivity contribution in [2.24, 2.45) is 11.8 Å². The summed E-state index contributed by atoms with van der Waals surface area (Å²) in [7, 11) is 1.72. The molecule has 94 valence electrons. The second kappa shape index (κ2) is 4.69. The van der Waals surface area contributed by atoms with Crippen LogP contribution in [0.25, 0.3) is 0 Å². The van der Waals surface area contributed by atoms with Crippen molar-refractivity contribution in [2.45, 2.75) is 38.3 Å². The first-order chi connectivity index (χ1) is 8.35. The lowest BCUT2D eigenvalue weighted by Gasteiger charge is -2.22. The average Bonchev–Trinajstić information content (AvgIpc) is 3.02. The van der Waals surface area contributed by atoms with Crippen molar-refractivity contribution < 1.29 is 4.74 Å². The fraction of sp³-hybridized carbons (Fsp3) is 0.769. The van der Waals surface area contributed by atoms with Crippen molar-refractivity contribution in [1.29, 1.82) is 0 Å². The van der Waals surface area contributed by atoms with Gasteiger partial charge in [0.15, 0.2) is 0 Å². The molecule has 0 aromatic carbocycles. The number of hydrogen-bond acceptors (Lipinski definition) is 3. The fourth-order valence-corrected chi connectivity index (χ4v) is 3.36. The van der Waals surface area contributed by atoms with Gasteiger partial charge in [-0.2, -0.15) is 5.10 Å². The topological polar surface area (TPSA) is 39.1 Å². The second-order valence-electron chi connectivity index (χ2n) is 5.38. The Balaban J connectivity index is 1.56. The highest BCUT2D eigenvalue weighted by atomic mass is 16.5. The molecule has 0 aliphatic heterocycles. The summed E-state index contributed by atoms with van der Waals surface area (Å²) >= 11 is 0. The Hall–Kier alpha value is -1.03.